The van der Waals surface area contributed by atoms with Gasteiger partial charge in [0.25, 0.3) is 11.5 Å². The fraction of sp³-hybridized carbons (Fsp3) is 0.304. The molecule has 1 aliphatic rings. The van der Waals surface area contributed by atoms with Crippen molar-refractivity contribution in [3.05, 3.63) is 76.1 Å². The molecule has 2 aromatic carbocycles. The van der Waals surface area contributed by atoms with E-state index in [1.165, 1.54) is 23.0 Å². The molecular formula is C23H23FN4O3. The Hall–Kier alpha value is -3.55. The second kappa shape index (κ2) is 8.67. The highest BCUT2D eigenvalue weighted by atomic mass is 19.1. The van der Waals surface area contributed by atoms with Crippen LogP contribution in [0.3, 0.4) is 0 Å². The van der Waals surface area contributed by atoms with E-state index in [1.54, 1.807) is 34.1 Å². The number of aromatic nitrogens is 2. The number of hydrogen-bond donors (Lipinski definition) is 0. The minimum Gasteiger partial charge on any atom is -0.339 e. The summed E-state index contributed by atoms with van der Waals surface area (Å²) in [4.78, 5) is 45.8. The Kier molecular flexibility index (Phi) is 5.79. The van der Waals surface area contributed by atoms with Gasteiger partial charge < -0.3 is 9.80 Å². The number of aryl methyl sites for hydroxylation is 1. The van der Waals surface area contributed by atoms with Gasteiger partial charge in [-0.3, -0.25) is 19.0 Å². The van der Waals surface area contributed by atoms with Gasteiger partial charge in [-0.05, 0) is 37.1 Å². The Morgan fingerprint density at radius 3 is 2.55 bits per heavy atom. The molecule has 2 amide bonds. The average Bonchev–Trinajstić information content (AvgIpc) is 3.02. The quantitative estimate of drug-likeness (QED) is 0.649. The van der Waals surface area contributed by atoms with Gasteiger partial charge in [-0.2, -0.15) is 0 Å². The highest BCUT2D eigenvalue weighted by Gasteiger charge is 2.24. The molecule has 0 atom stereocenters. The van der Waals surface area contributed by atoms with Gasteiger partial charge >= 0.3 is 0 Å². The van der Waals surface area contributed by atoms with Crippen molar-refractivity contribution in [3.63, 3.8) is 0 Å². The summed E-state index contributed by atoms with van der Waals surface area (Å²) < 4.78 is 15.3. The van der Waals surface area contributed by atoms with Crippen LogP contribution in [0.1, 0.15) is 22.3 Å². The van der Waals surface area contributed by atoms with E-state index in [9.17, 15) is 18.8 Å². The van der Waals surface area contributed by atoms with Crippen LogP contribution < -0.4 is 5.56 Å². The molecule has 0 unspecified atom stereocenters. The molecule has 0 N–H and O–H groups in total. The van der Waals surface area contributed by atoms with E-state index in [-0.39, 0.29) is 29.5 Å². The van der Waals surface area contributed by atoms with Crippen molar-refractivity contribution in [1.82, 2.24) is 19.4 Å². The minimum absolute atomic E-state index is 0.0337. The molecule has 31 heavy (non-hydrogen) atoms. The number of benzene rings is 2. The Morgan fingerprint density at radius 1 is 1.00 bits per heavy atom. The third-order valence-electron chi connectivity index (χ3n) is 5.60. The second-order valence-electron chi connectivity index (χ2n) is 7.66. The molecule has 1 fully saturated rings. The number of halogens is 1. The summed E-state index contributed by atoms with van der Waals surface area (Å²) in [7, 11) is 0. The molecule has 160 valence electrons. The Bertz CT molecular complexity index is 1210. The molecule has 4 rings (SSSR count). The zero-order chi connectivity index (χ0) is 22.0. The Balaban J connectivity index is 1.45. The van der Waals surface area contributed by atoms with Crippen LogP contribution in [0.2, 0.25) is 0 Å². The third kappa shape index (κ3) is 4.19. The summed E-state index contributed by atoms with van der Waals surface area (Å²) in [6.45, 7) is 3.31. The van der Waals surface area contributed by atoms with E-state index in [1.807, 2.05) is 13.0 Å². The van der Waals surface area contributed by atoms with Gasteiger partial charge in [0.1, 0.15) is 12.4 Å². The zero-order valence-electron chi connectivity index (χ0n) is 17.3. The summed E-state index contributed by atoms with van der Waals surface area (Å²) >= 11 is 0. The van der Waals surface area contributed by atoms with Gasteiger partial charge in [0.15, 0.2) is 0 Å². The predicted molar refractivity (Wildman–Crippen MR) is 114 cm³/mol. The van der Waals surface area contributed by atoms with Crippen LogP contribution >= 0.6 is 0 Å². The largest absolute Gasteiger partial charge is 0.339 e. The van der Waals surface area contributed by atoms with Crippen LogP contribution in [-0.4, -0.2) is 57.3 Å². The number of hydrogen-bond acceptors (Lipinski definition) is 4. The van der Waals surface area contributed by atoms with Gasteiger partial charge in [-0.15, -0.1) is 0 Å². The highest BCUT2D eigenvalue weighted by molar-refractivity contribution is 5.94. The second-order valence-corrected chi connectivity index (χ2v) is 7.66. The van der Waals surface area contributed by atoms with Crippen LogP contribution in [0.15, 0.2) is 53.6 Å². The van der Waals surface area contributed by atoms with Gasteiger partial charge in [0, 0.05) is 26.2 Å². The smallest absolute Gasteiger partial charge is 0.261 e. The average molecular weight is 422 g/mol. The van der Waals surface area contributed by atoms with Gasteiger partial charge in [0.2, 0.25) is 5.91 Å². The molecule has 0 aliphatic carbocycles. The Labute approximate surface area is 178 Å². The lowest BCUT2D eigenvalue weighted by Gasteiger charge is -2.22. The Morgan fingerprint density at radius 2 is 1.74 bits per heavy atom. The molecule has 8 heteroatoms. The molecule has 0 spiro atoms. The summed E-state index contributed by atoms with van der Waals surface area (Å²) in [5, 5.41) is 0.479. The molecule has 3 aromatic rings. The van der Waals surface area contributed by atoms with E-state index in [2.05, 4.69) is 4.98 Å². The molecule has 7 nitrogen and oxygen atoms in total. The maximum absolute atomic E-state index is 14.0. The first-order valence-electron chi connectivity index (χ1n) is 10.2. The highest BCUT2D eigenvalue weighted by Crippen LogP contribution is 2.14. The lowest BCUT2D eigenvalue weighted by molar-refractivity contribution is -0.131. The van der Waals surface area contributed by atoms with Gasteiger partial charge in [0.05, 0.1) is 22.8 Å². The lowest BCUT2D eigenvalue weighted by atomic mass is 10.1. The molecule has 0 bridgehead atoms. The van der Waals surface area contributed by atoms with E-state index < -0.39 is 5.82 Å². The van der Waals surface area contributed by atoms with E-state index >= 15 is 0 Å². The van der Waals surface area contributed by atoms with Crippen molar-refractivity contribution in [2.24, 2.45) is 0 Å². The molecule has 0 radical (unpaired) electrons. The predicted octanol–water partition coefficient (Wildman–Crippen LogP) is 2.22. The number of carbonyl (C=O) groups is 2. The third-order valence-corrected chi connectivity index (χ3v) is 5.60. The van der Waals surface area contributed by atoms with Crippen molar-refractivity contribution in [3.8, 4) is 0 Å². The van der Waals surface area contributed by atoms with Crippen LogP contribution in [0.4, 0.5) is 4.39 Å². The first kappa shape index (κ1) is 20.7. The first-order valence-corrected chi connectivity index (χ1v) is 10.2. The van der Waals surface area contributed by atoms with Gasteiger partial charge in [-0.1, -0.05) is 24.3 Å². The topological polar surface area (TPSA) is 75.5 Å². The van der Waals surface area contributed by atoms with Crippen molar-refractivity contribution in [2.45, 2.75) is 19.9 Å². The standard InChI is InChI=1S/C23H23FN4O3/c1-16-6-4-8-18-21(16)25-15-28(23(18)31)14-20(29)26-10-5-11-27(13-12-26)22(30)17-7-2-3-9-19(17)24/h2-4,6-9,15H,5,10-14H2,1H3. The van der Waals surface area contributed by atoms with E-state index in [0.717, 1.165) is 5.56 Å². The molecular weight excluding hydrogens is 399 g/mol. The number of carbonyl (C=O) groups excluding carboxylic acids is 2. The molecule has 1 saturated heterocycles. The first-order chi connectivity index (χ1) is 15.0. The molecule has 1 aliphatic heterocycles. The van der Waals surface area contributed by atoms with E-state index in [0.29, 0.717) is 43.5 Å². The van der Waals surface area contributed by atoms with Crippen LogP contribution in [0.5, 0.6) is 0 Å². The lowest BCUT2D eigenvalue weighted by Crippen LogP contribution is -2.40. The normalized spacial score (nSPS) is 14.5. The summed E-state index contributed by atoms with van der Waals surface area (Å²) in [6, 6.07) is 11.3. The SMILES string of the molecule is Cc1cccc2c(=O)n(CC(=O)N3CCCN(C(=O)c4ccccc4F)CC3)cnc12. The fourth-order valence-corrected chi connectivity index (χ4v) is 3.87. The molecule has 2 heterocycles. The van der Waals surface area contributed by atoms with Crippen LogP contribution in [-0.2, 0) is 11.3 Å². The number of para-hydroxylation sites is 1. The van der Waals surface area contributed by atoms with Crippen molar-refractivity contribution < 1.29 is 14.0 Å². The monoisotopic (exact) mass is 422 g/mol. The van der Waals surface area contributed by atoms with Crippen LogP contribution in [0, 0.1) is 12.7 Å². The number of fused-ring (bicyclic) bond motifs is 1. The van der Waals surface area contributed by atoms with Crippen LogP contribution in [0.25, 0.3) is 10.9 Å². The maximum Gasteiger partial charge on any atom is 0.261 e. The minimum atomic E-state index is -0.553. The summed E-state index contributed by atoms with van der Waals surface area (Å²) in [6.07, 6.45) is 1.98. The molecule has 1 aromatic heterocycles. The fourth-order valence-electron chi connectivity index (χ4n) is 3.87. The number of rotatable bonds is 3. The summed E-state index contributed by atoms with van der Waals surface area (Å²) in [5.41, 5.74) is 1.31. The van der Waals surface area contributed by atoms with Crippen molar-refractivity contribution in [1.29, 1.82) is 0 Å². The summed E-state index contributed by atoms with van der Waals surface area (Å²) in [5.74, 6) is -1.14. The molecule has 0 saturated carbocycles. The van der Waals surface area contributed by atoms with Gasteiger partial charge in [-0.25, -0.2) is 9.37 Å². The maximum atomic E-state index is 14.0. The number of nitrogens with zero attached hydrogens (tertiary/aromatic N) is 4. The number of amides is 2. The van der Waals surface area contributed by atoms with Crippen molar-refractivity contribution in [2.75, 3.05) is 26.2 Å². The zero-order valence-corrected chi connectivity index (χ0v) is 17.3. The van der Waals surface area contributed by atoms with E-state index in [4.69, 9.17) is 0 Å². The van der Waals surface area contributed by atoms with Crippen molar-refractivity contribution >= 4 is 22.7 Å².